The highest BCUT2D eigenvalue weighted by atomic mass is 16.5. The van der Waals surface area contributed by atoms with Crippen molar-refractivity contribution in [2.24, 2.45) is 4.99 Å². The van der Waals surface area contributed by atoms with Gasteiger partial charge in [0, 0.05) is 31.4 Å². The predicted molar refractivity (Wildman–Crippen MR) is 144 cm³/mol. The van der Waals surface area contributed by atoms with Gasteiger partial charge in [0.1, 0.15) is 34.0 Å². The zero-order valence-corrected chi connectivity index (χ0v) is 21.8. The number of aliphatic imine (C=N–C) groups is 1. The molecule has 194 valence electrons. The first-order valence-corrected chi connectivity index (χ1v) is 12.1. The number of aliphatic hydroxyl groups excluding tert-OH is 1. The number of ketones is 1. The van der Waals surface area contributed by atoms with Crippen LogP contribution < -0.4 is 14.8 Å². The van der Waals surface area contributed by atoms with Gasteiger partial charge in [-0.2, -0.15) is 0 Å². The van der Waals surface area contributed by atoms with Crippen molar-refractivity contribution in [2.75, 3.05) is 14.2 Å². The average Bonchev–Trinajstić information content (AvgIpc) is 3.21. The quantitative estimate of drug-likeness (QED) is 0.422. The molecule has 1 atom stereocenters. The Morgan fingerprint density at radius 1 is 1.18 bits per heavy atom. The number of Topliss-reactive ketones (excluding diaryl/α,β-unsaturated/α-hetero) is 1. The molecule has 8 heteroatoms. The Balaban J connectivity index is 1.59. The number of phenols is 1. The van der Waals surface area contributed by atoms with Gasteiger partial charge < -0.3 is 25.0 Å². The molecule has 3 aromatic rings. The Kier molecular flexibility index (Phi) is 5.98. The van der Waals surface area contributed by atoms with Gasteiger partial charge in [-0.15, -0.1) is 0 Å². The second-order valence-electron chi connectivity index (χ2n) is 9.58. The summed E-state index contributed by atoms with van der Waals surface area (Å²) in [5.41, 5.74) is 1.08. The van der Waals surface area contributed by atoms with Crippen molar-refractivity contribution >= 4 is 28.2 Å². The molecule has 0 saturated carbocycles. The van der Waals surface area contributed by atoms with Crippen molar-refractivity contribution in [1.29, 1.82) is 0 Å². The van der Waals surface area contributed by atoms with Gasteiger partial charge in [-0.05, 0) is 42.7 Å². The lowest BCUT2D eigenvalue weighted by Crippen LogP contribution is -2.38. The van der Waals surface area contributed by atoms with E-state index in [0.29, 0.717) is 5.71 Å². The highest BCUT2D eigenvalue weighted by molar-refractivity contribution is 6.27. The van der Waals surface area contributed by atoms with Gasteiger partial charge in [-0.3, -0.25) is 14.6 Å². The molecule has 0 unspecified atom stereocenters. The van der Waals surface area contributed by atoms with Crippen LogP contribution in [0.25, 0.3) is 10.8 Å². The number of nitrogens with one attached hydrogen (secondary N) is 1. The molecule has 8 nitrogen and oxygen atoms in total. The molecular weight excluding hydrogens is 484 g/mol. The van der Waals surface area contributed by atoms with Crippen molar-refractivity contribution in [1.82, 2.24) is 5.32 Å². The summed E-state index contributed by atoms with van der Waals surface area (Å²) in [6.45, 7) is 5.43. The largest absolute Gasteiger partial charge is 0.507 e. The maximum atomic E-state index is 13.7. The monoisotopic (exact) mass is 512 g/mol. The van der Waals surface area contributed by atoms with E-state index in [9.17, 15) is 19.8 Å². The van der Waals surface area contributed by atoms with Crippen molar-refractivity contribution in [3.05, 3.63) is 87.9 Å². The van der Waals surface area contributed by atoms with Crippen LogP contribution in [0.15, 0.2) is 70.6 Å². The summed E-state index contributed by atoms with van der Waals surface area (Å²) >= 11 is 0. The normalized spacial score (nSPS) is 18.6. The third-order valence-electron chi connectivity index (χ3n) is 7.48. The first-order chi connectivity index (χ1) is 18.1. The Bertz CT molecular complexity index is 1630. The zero-order chi connectivity index (χ0) is 27.4. The fraction of sp³-hybridized carbons (Fsp3) is 0.233. The van der Waals surface area contributed by atoms with Gasteiger partial charge in [0.15, 0.2) is 11.5 Å². The van der Waals surface area contributed by atoms with Gasteiger partial charge >= 0.3 is 0 Å². The summed E-state index contributed by atoms with van der Waals surface area (Å²) in [6.07, 6.45) is 1.33. The molecular formula is C30H28N2O6. The number of allylic oxidation sites excluding steroid dienone is 3. The lowest BCUT2D eigenvalue weighted by atomic mass is 9.71. The number of aliphatic hydroxyl groups is 1. The molecule has 1 heterocycles. The van der Waals surface area contributed by atoms with Crippen LogP contribution in [-0.4, -0.2) is 41.8 Å². The number of carbonyl (C=O) groups is 2. The van der Waals surface area contributed by atoms with Crippen LogP contribution in [-0.2, 0) is 16.8 Å². The minimum atomic E-state index is -1.47. The number of hydrogen-bond acceptors (Lipinski definition) is 7. The summed E-state index contributed by atoms with van der Waals surface area (Å²) in [5.74, 6) is -1.34. The number of carbonyl (C=O) groups excluding carboxylic acids is 2. The average molecular weight is 513 g/mol. The molecule has 0 fully saturated rings. The number of benzene rings is 3. The number of fused-ring (bicyclic) bond motifs is 4. The fourth-order valence-corrected chi connectivity index (χ4v) is 5.28. The van der Waals surface area contributed by atoms with Gasteiger partial charge in [0.05, 0.1) is 18.2 Å². The maximum Gasteiger partial charge on any atom is 0.259 e. The van der Waals surface area contributed by atoms with Crippen LogP contribution >= 0.6 is 0 Å². The van der Waals surface area contributed by atoms with E-state index >= 15 is 0 Å². The molecule has 2 aliphatic rings. The van der Waals surface area contributed by atoms with Crippen LogP contribution in [0.3, 0.4) is 0 Å². The third kappa shape index (κ3) is 3.55. The second-order valence-corrected chi connectivity index (χ2v) is 9.58. The van der Waals surface area contributed by atoms with Crippen LogP contribution in [0.1, 0.15) is 40.9 Å². The molecule has 0 spiro atoms. The summed E-state index contributed by atoms with van der Waals surface area (Å²) < 4.78 is 11.5. The number of rotatable bonds is 5. The lowest BCUT2D eigenvalue weighted by molar-refractivity contribution is -0.119. The molecule has 1 aliphatic heterocycles. The fourth-order valence-electron chi connectivity index (χ4n) is 5.28. The molecule has 38 heavy (non-hydrogen) atoms. The summed E-state index contributed by atoms with van der Waals surface area (Å²) in [7, 11) is 2.90. The van der Waals surface area contributed by atoms with E-state index < -0.39 is 17.1 Å². The van der Waals surface area contributed by atoms with Crippen molar-refractivity contribution in [3.63, 3.8) is 0 Å². The van der Waals surface area contributed by atoms with Crippen LogP contribution in [0.4, 0.5) is 0 Å². The Morgan fingerprint density at radius 3 is 2.63 bits per heavy atom. The molecule has 0 radical (unpaired) electrons. The SMILES string of the molecule is C/N=C(\C)C1=C(O)C=C2Oc3c(C(=O)NCc4c(C)ccc5ccccc45)c(OC)cc(O)c3[C@]2(C)C1=O. The first-order valence-electron chi connectivity index (χ1n) is 12.1. The lowest BCUT2D eigenvalue weighted by Gasteiger charge is -2.28. The van der Waals surface area contributed by atoms with Gasteiger partial charge in [-0.25, -0.2) is 0 Å². The molecule has 0 aromatic heterocycles. The van der Waals surface area contributed by atoms with Crippen molar-refractivity contribution < 1.29 is 29.3 Å². The first kappa shape index (κ1) is 25.1. The van der Waals surface area contributed by atoms with E-state index in [1.54, 1.807) is 13.8 Å². The number of ether oxygens (including phenoxy) is 2. The number of phenolic OH excluding ortho intramolecular Hbond substituents is 1. The van der Waals surface area contributed by atoms with Crippen LogP contribution in [0.2, 0.25) is 0 Å². The number of hydrogen-bond donors (Lipinski definition) is 3. The maximum absolute atomic E-state index is 13.7. The van der Waals surface area contributed by atoms with E-state index in [0.717, 1.165) is 21.9 Å². The Labute approximate surface area is 219 Å². The van der Waals surface area contributed by atoms with Crippen molar-refractivity contribution in [3.8, 4) is 17.2 Å². The van der Waals surface area contributed by atoms with E-state index in [1.807, 2.05) is 43.3 Å². The smallest absolute Gasteiger partial charge is 0.259 e. The number of amides is 1. The minimum absolute atomic E-state index is 0.0104. The number of aryl methyl sites for hydroxylation is 1. The number of aromatic hydroxyl groups is 1. The standard InChI is InChI=1S/C30H28N2O6/c1-15-10-11-17-8-6-7-9-18(17)19(15)14-32-29(36)25-22(37-5)12-21(34)26-27(25)38-23-13-20(33)24(16(2)31-4)28(35)30(23,26)3/h6-13,33-34H,14H2,1-5H3,(H,32,36)/b31-16+/t30-/m1/s1. The molecule has 0 bridgehead atoms. The van der Waals surface area contributed by atoms with Gasteiger partial charge in [-0.1, -0.05) is 36.4 Å². The highest BCUT2D eigenvalue weighted by Gasteiger charge is 2.55. The van der Waals surface area contributed by atoms with Crippen molar-refractivity contribution in [2.45, 2.75) is 32.7 Å². The molecule has 1 aliphatic carbocycles. The van der Waals surface area contributed by atoms with E-state index in [1.165, 1.54) is 26.3 Å². The van der Waals surface area contributed by atoms with Crippen LogP contribution in [0, 0.1) is 6.92 Å². The summed E-state index contributed by atoms with van der Waals surface area (Å²) in [5, 5.41) is 26.7. The molecule has 5 rings (SSSR count). The zero-order valence-electron chi connectivity index (χ0n) is 21.8. The second kappa shape index (κ2) is 9.06. The van der Waals surface area contributed by atoms with Crippen LogP contribution in [0.5, 0.6) is 17.2 Å². The Hall–Kier alpha value is -4.59. The third-order valence-corrected chi connectivity index (χ3v) is 7.48. The van der Waals surface area contributed by atoms with Gasteiger partial charge in [0.25, 0.3) is 5.91 Å². The molecule has 3 aromatic carbocycles. The summed E-state index contributed by atoms with van der Waals surface area (Å²) in [6, 6.07) is 13.3. The number of nitrogens with zero attached hydrogens (tertiary/aromatic N) is 1. The molecule has 0 saturated heterocycles. The number of methoxy groups -OCH3 is 1. The summed E-state index contributed by atoms with van der Waals surface area (Å²) in [4.78, 5) is 31.4. The topological polar surface area (TPSA) is 117 Å². The highest BCUT2D eigenvalue weighted by Crippen LogP contribution is 2.56. The molecule has 1 amide bonds. The predicted octanol–water partition coefficient (Wildman–Crippen LogP) is 4.81. The van der Waals surface area contributed by atoms with E-state index in [-0.39, 0.29) is 52.0 Å². The Morgan fingerprint density at radius 2 is 1.92 bits per heavy atom. The van der Waals surface area contributed by atoms with Gasteiger partial charge in [0.2, 0.25) is 0 Å². The minimum Gasteiger partial charge on any atom is -0.507 e. The van der Waals surface area contributed by atoms with E-state index in [2.05, 4.69) is 10.3 Å². The molecule has 3 N–H and O–H groups in total. The van der Waals surface area contributed by atoms with E-state index in [4.69, 9.17) is 9.47 Å².